The number of ether oxygens (including phenoxy) is 1. The van der Waals surface area contributed by atoms with Crippen molar-refractivity contribution >= 4 is 17.6 Å². The number of aliphatic carboxylic acids is 1. The normalized spacial score (nSPS) is 9.42. The fourth-order valence-corrected chi connectivity index (χ4v) is 0.697. The van der Waals surface area contributed by atoms with Gasteiger partial charge in [0.05, 0.1) is 6.20 Å². The van der Waals surface area contributed by atoms with Crippen LogP contribution < -0.4 is 4.74 Å². The van der Waals surface area contributed by atoms with Crippen LogP contribution in [0.2, 0.25) is 5.02 Å². The van der Waals surface area contributed by atoms with Crippen LogP contribution in [0, 0.1) is 0 Å². The molecule has 6 heteroatoms. The van der Waals surface area contributed by atoms with E-state index in [4.69, 9.17) is 21.4 Å². The van der Waals surface area contributed by atoms with Gasteiger partial charge >= 0.3 is 5.97 Å². The summed E-state index contributed by atoms with van der Waals surface area (Å²) in [6.45, 7) is -0.462. The molecule has 0 fully saturated rings. The summed E-state index contributed by atoms with van der Waals surface area (Å²) in [5.74, 6) is -1.00. The number of aromatic nitrogens is 2. The van der Waals surface area contributed by atoms with Crippen molar-refractivity contribution in [3.63, 3.8) is 0 Å². The molecule has 1 N–H and O–H groups in total. The average Bonchev–Trinajstić information content (AvgIpc) is 2.03. The summed E-state index contributed by atoms with van der Waals surface area (Å²) in [5.41, 5.74) is 0. The van der Waals surface area contributed by atoms with Gasteiger partial charge in [-0.2, -0.15) is 0 Å². The van der Waals surface area contributed by atoms with Gasteiger partial charge in [0.25, 0.3) is 0 Å². The van der Waals surface area contributed by atoms with E-state index in [1.54, 1.807) is 0 Å². The van der Waals surface area contributed by atoms with E-state index in [0.29, 0.717) is 0 Å². The molecule has 0 spiro atoms. The van der Waals surface area contributed by atoms with Gasteiger partial charge in [0, 0.05) is 0 Å². The molecule has 0 saturated carbocycles. The van der Waals surface area contributed by atoms with Crippen molar-refractivity contribution in [1.82, 2.24) is 9.97 Å². The lowest BCUT2D eigenvalue weighted by Crippen LogP contribution is -2.10. The Labute approximate surface area is 73.0 Å². The van der Waals surface area contributed by atoms with Gasteiger partial charge in [-0.1, -0.05) is 11.6 Å². The molecule has 0 aromatic carbocycles. The topological polar surface area (TPSA) is 72.3 Å². The van der Waals surface area contributed by atoms with E-state index in [-0.39, 0.29) is 10.9 Å². The largest absolute Gasteiger partial charge is 0.479 e. The summed E-state index contributed by atoms with van der Waals surface area (Å²) < 4.78 is 4.72. The van der Waals surface area contributed by atoms with Crippen molar-refractivity contribution in [3.8, 4) is 5.88 Å². The van der Waals surface area contributed by atoms with Crippen molar-refractivity contribution < 1.29 is 14.6 Å². The molecular formula is C6H5ClN2O3. The summed E-state index contributed by atoms with van der Waals surface area (Å²) in [4.78, 5) is 17.3. The highest BCUT2D eigenvalue weighted by molar-refractivity contribution is 6.31. The van der Waals surface area contributed by atoms with Gasteiger partial charge in [-0.15, -0.1) is 0 Å². The Morgan fingerprint density at radius 2 is 2.50 bits per heavy atom. The number of carbonyl (C=O) groups is 1. The molecule has 0 aliphatic rings. The van der Waals surface area contributed by atoms with E-state index >= 15 is 0 Å². The van der Waals surface area contributed by atoms with Crippen molar-refractivity contribution in [2.45, 2.75) is 0 Å². The molecule has 1 aromatic heterocycles. The van der Waals surface area contributed by atoms with E-state index in [0.717, 1.165) is 0 Å². The minimum atomic E-state index is -1.08. The number of halogens is 1. The second-order valence-electron chi connectivity index (χ2n) is 1.86. The Hall–Kier alpha value is -1.36. The minimum Gasteiger partial charge on any atom is -0.479 e. The van der Waals surface area contributed by atoms with Gasteiger partial charge in [-0.25, -0.2) is 14.8 Å². The number of nitrogens with zero attached hydrogens (tertiary/aromatic N) is 2. The van der Waals surface area contributed by atoms with Crippen LogP contribution in [-0.2, 0) is 4.79 Å². The maximum Gasteiger partial charge on any atom is 0.341 e. The summed E-state index contributed by atoms with van der Waals surface area (Å²) in [6, 6.07) is 0. The van der Waals surface area contributed by atoms with Crippen LogP contribution in [0.5, 0.6) is 5.88 Å². The monoisotopic (exact) mass is 188 g/mol. The smallest absolute Gasteiger partial charge is 0.341 e. The van der Waals surface area contributed by atoms with E-state index in [2.05, 4.69) is 9.97 Å². The van der Waals surface area contributed by atoms with Crippen LogP contribution in [0.3, 0.4) is 0 Å². The maximum absolute atomic E-state index is 10.1. The van der Waals surface area contributed by atoms with Crippen molar-refractivity contribution in [2.24, 2.45) is 0 Å². The van der Waals surface area contributed by atoms with Crippen molar-refractivity contribution in [2.75, 3.05) is 6.61 Å². The first-order chi connectivity index (χ1) is 5.70. The number of carboxylic acid groups (broad SMARTS) is 1. The molecule has 1 heterocycles. The Morgan fingerprint density at radius 1 is 1.75 bits per heavy atom. The Morgan fingerprint density at radius 3 is 3.08 bits per heavy atom. The quantitative estimate of drug-likeness (QED) is 0.752. The number of carboxylic acids is 1. The van der Waals surface area contributed by atoms with Gasteiger partial charge < -0.3 is 9.84 Å². The van der Waals surface area contributed by atoms with Crippen molar-refractivity contribution in [1.29, 1.82) is 0 Å². The highest BCUT2D eigenvalue weighted by Gasteiger charge is 2.04. The number of hydrogen-bond donors (Lipinski definition) is 1. The lowest BCUT2D eigenvalue weighted by Gasteiger charge is -2.01. The lowest BCUT2D eigenvalue weighted by molar-refractivity contribution is -0.139. The Bertz CT molecular complexity index is 292. The van der Waals surface area contributed by atoms with Crippen LogP contribution in [0.4, 0.5) is 0 Å². The van der Waals surface area contributed by atoms with Gasteiger partial charge in [0.2, 0.25) is 5.88 Å². The van der Waals surface area contributed by atoms with Gasteiger partial charge in [-0.3, -0.25) is 0 Å². The first kappa shape index (κ1) is 8.73. The Balaban J connectivity index is 2.63. The van der Waals surface area contributed by atoms with Gasteiger partial charge in [0.1, 0.15) is 11.3 Å². The highest BCUT2D eigenvalue weighted by atomic mass is 35.5. The molecule has 1 aromatic rings. The predicted octanol–water partition coefficient (Wildman–Crippen LogP) is 0.593. The molecule has 12 heavy (non-hydrogen) atoms. The van der Waals surface area contributed by atoms with E-state index in [1.165, 1.54) is 12.5 Å². The van der Waals surface area contributed by atoms with Crippen LogP contribution in [0.1, 0.15) is 0 Å². The third-order valence-electron chi connectivity index (χ3n) is 0.966. The van der Waals surface area contributed by atoms with Gasteiger partial charge in [-0.05, 0) is 0 Å². The summed E-state index contributed by atoms with van der Waals surface area (Å²) in [7, 11) is 0. The first-order valence-corrected chi connectivity index (χ1v) is 3.38. The first-order valence-electron chi connectivity index (χ1n) is 3.00. The summed E-state index contributed by atoms with van der Waals surface area (Å²) in [6.07, 6.45) is 2.55. The zero-order chi connectivity index (χ0) is 8.97. The second kappa shape index (κ2) is 3.87. The fraction of sp³-hybridized carbons (Fsp3) is 0.167. The molecule has 0 amide bonds. The zero-order valence-corrected chi connectivity index (χ0v) is 6.65. The molecule has 0 radical (unpaired) electrons. The van der Waals surface area contributed by atoms with E-state index < -0.39 is 12.6 Å². The van der Waals surface area contributed by atoms with Crippen LogP contribution in [0.15, 0.2) is 12.5 Å². The minimum absolute atomic E-state index is 0.0778. The van der Waals surface area contributed by atoms with E-state index in [9.17, 15) is 4.79 Å². The van der Waals surface area contributed by atoms with Crippen LogP contribution in [-0.4, -0.2) is 27.7 Å². The summed E-state index contributed by atoms with van der Waals surface area (Å²) in [5, 5.41) is 8.45. The zero-order valence-electron chi connectivity index (χ0n) is 5.90. The van der Waals surface area contributed by atoms with Gasteiger partial charge in [0.15, 0.2) is 6.61 Å². The molecule has 1 rings (SSSR count). The van der Waals surface area contributed by atoms with Crippen LogP contribution >= 0.6 is 11.6 Å². The third-order valence-corrected chi connectivity index (χ3v) is 1.23. The molecule has 64 valence electrons. The SMILES string of the molecule is O=C(O)COc1ncncc1Cl. The lowest BCUT2D eigenvalue weighted by atomic mass is 10.6. The van der Waals surface area contributed by atoms with E-state index in [1.807, 2.05) is 0 Å². The molecular weight excluding hydrogens is 184 g/mol. The molecule has 0 aliphatic heterocycles. The number of rotatable bonds is 3. The molecule has 0 atom stereocenters. The third kappa shape index (κ3) is 2.35. The fourth-order valence-electron chi connectivity index (χ4n) is 0.538. The Kier molecular flexibility index (Phi) is 2.82. The summed E-state index contributed by atoms with van der Waals surface area (Å²) >= 11 is 5.56. The molecule has 0 unspecified atom stereocenters. The maximum atomic E-state index is 10.1. The molecule has 0 bridgehead atoms. The molecule has 5 nitrogen and oxygen atoms in total. The average molecular weight is 189 g/mol. The van der Waals surface area contributed by atoms with Crippen LogP contribution in [0.25, 0.3) is 0 Å². The standard InChI is InChI=1S/C6H5ClN2O3/c7-4-1-8-3-9-6(4)12-2-5(10)11/h1,3H,2H2,(H,10,11). The van der Waals surface area contributed by atoms with Crippen molar-refractivity contribution in [3.05, 3.63) is 17.5 Å². The predicted molar refractivity (Wildman–Crippen MR) is 40.2 cm³/mol. The highest BCUT2D eigenvalue weighted by Crippen LogP contribution is 2.18. The molecule has 0 aliphatic carbocycles. The second-order valence-corrected chi connectivity index (χ2v) is 2.27. The molecule has 0 saturated heterocycles. The number of hydrogen-bond acceptors (Lipinski definition) is 4.